The Bertz CT molecular complexity index is 637. The number of β-amino-alcohol motifs (C(OH)–C–C–N with tert-alkyl or cyclic N) is 1. The predicted octanol–water partition coefficient (Wildman–Crippen LogP) is 1.01. The Balaban J connectivity index is 1.42. The van der Waals surface area contributed by atoms with Crippen molar-refractivity contribution in [3.63, 3.8) is 0 Å². The Labute approximate surface area is 149 Å². The molecule has 0 saturated carbocycles. The van der Waals surface area contributed by atoms with Gasteiger partial charge in [-0.05, 0) is 26.8 Å². The van der Waals surface area contributed by atoms with Crippen LogP contribution in [-0.4, -0.2) is 73.3 Å². The van der Waals surface area contributed by atoms with Crippen molar-refractivity contribution in [3.05, 3.63) is 36.4 Å². The van der Waals surface area contributed by atoms with Gasteiger partial charge in [0.25, 0.3) is 0 Å². The predicted molar refractivity (Wildman–Crippen MR) is 97.2 cm³/mol. The molecular formula is C18H30N6O. The molecule has 1 fully saturated rings. The molecule has 0 spiro atoms. The van der Waals surface area contributed by atoms with Crippen molar-refractivity contribution < 1.29 is 5.11 Å². The molecule has 0 aliphatic carbocycles. The fraction of sp³-hybridized carbons (Fsp3) is 0.667. The molecule has 0 radical (unpaired) electrons. The molecule has 2 aromatic heterocycles. The van der Waals surface area contributed by atoms with Gasteiger partial charge in [0.15, 0.2) is 0 Å². The lowest BCUT2D eigenvalue weighted by molar-refractivity contribution is 0.0605. The molecule has 0 aromatic carbocycles. The molecule has 3 rings (SSSR count). The number of piperazine rings is 1. The molecule has 1 N–H and O–H groups in total. The molecule has 0 amide bonds. The van der Waals surface area contributed by atoms with Crippen molar-refractivity contribution in [1.29, 1.82) is 0 Å². The van der Waals surface area contributed by atoms with Crippen LogP contribution in [-0.2, 0) is 18.6 Å². The maximum absolute atomic E-state index is 10.2. The molecule has 1 atom stereocenters. The summed E-state index contributed by atoms with van der Waals surface area (Å²) < 4.78 is 3.82. The summed E-state index contributed by atoms with van der Waals surface area (Å²) in [6.07, 6.45) is 7.38. The fourth-order valence-electron chi connectivity index (χ4n) is 3.18. The Morgan fingerprint density at radius 1 is 1.08 bits per heavy atom. The summed E-state index contributed by atoms with van der Waals surface area (Å²) in [6.45, 7) is 12.7. The number of hydrogen-bond acceptors (Lipinski definition) is 5. The van der Waals surface area contributed by atoms with E-state index in [0.717, 1.165) is 32.7 Å². The van der Waals surface area contributed by atoms with E-state index < -0.39 is 0 Å². The number of nitrogens with zero attached hydrogens (tertiary/aromatic N) is 6. The van der Waals surface area contributed by atoms with Gasteiger partial charge < -0.3 is 5.11 Å². The molecule has 25 heavy (non-hydrogen) atoms. The van der Waals surface area contributed by atoms with E-state index >= 15 is 0 Å². The molecule has 7 heteroatoms. The van der Waals surface area contributed by atoms with Crippen LogP contribution in [0.15, 0.2) is 30.9 Å². The highest BCUT2D eigenvalue weighted by Crippen LogP contribution is 2.15. The van der Waals surface area contributed by atoms with Crippen molar-refractivity contribution in [2.75, 3.05) is 32.7 Å². The summed E-state index contributed by atoms with van der Waals surface area (Å²) in [5.41, 5.74) is 1.30. The number of rotatable bonds is 6. The highest BCUT2D eigenvalue weighted by Gasteiger charge is 2.21. The first kappa shape index (κ1) is 18.1. The highest BCUT2D eigenvalue weighted by atomic mass is 16.3. The van der Waals surface area contributed by atoms with Crippen molar-refractivity contribution in [3.8, 4) is 0 Å². The van der Waals surface area contributed by atoms with E-state index in [4.69, 9.17) is 0 Å². The first-order valence-corrected chi connectivity index (χ1v) is 9.04. The van der Waals surface area contributed by atoms with E-state index in [9.17, 15) is 5.11 Å². The SMILES string of the molecule is CC(C)(C)n1cc(CN2CCN(CC(O)Cn3cccn3)CC2)cn1. The average molecular weight is 346 g/mol. The van der Waals surface area contributed by atoms with E-state index in [-0.39, 0.29) is 11.6 Å². The smallest absolute Gasteiger partial charge is 0.0862 e. The second-order valence-corrected chi connectivity index (χ2v) is 7.92. The Morgan fingerprint density at radius 3 is 2.40 bits per heavy atom. The topological polar surface area (TPSA) is 62.4 Å². The number of hydrogen-bond donors (Lipinski definition) is 1. The normalized spacial score (nSPS) is 18.6. The molecule has 3 heterocycles. The van der Waals surface area contributed by atoms with Gasteiger partial charge in [-0.25, -0.2) is 0 Å². The maximum Gasteiger partial charge on any atom is 0.0862 e. The lowest BCUT2D eigenvalue weighted by atomic mass is 10.1. The molecule has 7 nitrogen and oxygen atoms in total. The van der Waals surface area contributed by atoms with Crippen LogP contribution in [0.4, 0.5) is 0 Å². The largest absolute Gasteiger partial charge is 0.390 e. The van der Waals surface area contributed by atoms with Gasteiger partial charge in [0.1, 0.15) is 0 Å². The minimum absolute atomic E-state index is 0.0294. The summed E-state index contributed by atoms with van der Waals surface area (Å²) in [4.78, 5) is 4.80. The highest BCUT2D eigenvalue weighted by molar-refractivity contribution is 5.05. The zero-order valence-corrected chi connectivity index (χ0v) is 15.5. The monoisotopic (exact) mass is 346 g/mol. The molecule has 2 aromatic rings. The van der Waals surface area contributed by atoms with Crippen molar-refractivity contribution in [2.45, 2.75) is 45.5 Å². The van der Waals surface area contributed by atoms with Crippen molar-refractivity contribution >= 4 is 0 Å². The zero-order chi connectivity index (χ0) is 17.9. The maximum atomic E-state index is 10.2. The third-order valence-electron chi connectivity index (χ3n) is 4.62. The summed E-state index contributed by atoms with van der Waals surface area (Å²) in [5.74, 6) is 0. The number of aliphatic hydroxyl groups excluding tert-OH is 1. The number of aromatic nitrogens is 4. The molecule has 1 aliphatic rings. The van der Waals surface area contributed by atoms with E-state index in [2.05, 4.69) is 47.0 Å². The average Bonchev–Trinajstić information content (AvgIpc) is 3.20. The molecule has 1 aliphatic heterocycles. The van der Waals surface area contributed by atoms with E-state index in [1.54, 1.807) is 10.9 Å². The first-order valence-electron chi connectivity index (χ1n) is 9.04. The molecule has 0 bridgehead atoms. The van der Waals surface area contributed by atoms with Crippen LogP contribution in [0.1, 0.15) is 26.3 Å². The van der Waals surface area contributed by atoms with Crippen LogP contribution < -0.4 is 0 Å². The summed E-state index contributed by atoms with van der Waals surface area (Å²) in [6, 6.07) is 1.88. The van der Waals surface area contributed by atoms with Gasteiger partial charge in [0.2, 0.25) is 0 Å². The molecule has 1 unspecified atom stereocenters. The van der Waals surface area contributed by atoms with Gasteiger partial charge in [0, 0.05) is 63.4 Å². The summed E-state index contributed by atoms with van der Waals surface area (Å²) in [7, 11) is 0. The third kappa shape index (κ3) is 5.14. The molecule has 138 valence electrons. The summed E-state index contributed by atoms with van der Waals surface area (Å²) in [5, 5.41) is 18.9. The second kappa shape index (κ2) is 7.68. The second-order valence-electron chi connectivity index (χ2n) is 7.92. The molecule has 1 saturated heterocycles. The van der Waals surface area contributed by atoms with Crippen molar-refractivity contribution in [2.24, 2.45) is 0 Å². The number of aliphatic hydroxyl groups is 1. The van der Waals surface area contributed by atoms with E-state index in [1.807, 2.05) is 23.1 Å². The lowest BCUT2D eigenvalue weighted by Gasteiger charge is -2.35. The van der Waals surface area contributed by atoms with Gasteiger partial charge in [-0.3, -0.25) is 19.2 Å². The lowest BCUT2D eigenvalue weighted by Crippen LogP contribution is -2.48. The van der Waals surface area contributed by atoms with Gasteiger partial charge in [-0.1, -0.05) is 0 Å². The minimum Gasteiger partial charge on any atom is -0.390 e. The van der Waals surface area contributed by atoms with Gasteiger partial charge in [-0.15, -0.1) is 0 Å². The first-order chi connectivity index (χ1) is 11.9. The van der Waals surface area contributed by atoms with Crippen LogP contribution in [0.25, 0.3) is 0 Å². The Morgan fingerprint density at radius 2 is 1.80 bits per heavy atom. The standard InChI is InChI=1S/C18H30N6O/c1-18(2,3)24-13-16(11-20-24)12-21-7-9-22(10-8-21)14-17(25)15-23-6-4-5-19-23/h4-6,11,13,17,25H,7-10,12,14-15H2,1-3H3. The van der Waals surface area contributed by atoms with Crippen LogP contribution >= 0.6 is 0 Å². The van der Waals surface area contributed by atoms with E-state index in [0.29, 0.717) is 13.1 Å². The van der Waals surface area contributed by atoms with Crippen LogP contribution in [0.2, 0.25) is 0 Å². The molecular weight excluding hydrogens is 316 g/mol. The van der Waals surface area contributed by atoms with Crippen LogP contribution in [0.5, 0.6) is 0 Å². The zero-order valence-electron chi connectivity index (χ0n) is 15.5. The quantitative estimate of drug-likeness (QED) is 0.846. The fourth-order valence-corrected chi connectivity index (χ4v) is 3.18. The van der Waals surface area contributed by atoms with Crippen LogP contribution in [0, 0.1) is 0 Å². The Hall–Kier alpha value is -1.70. The summed E-state index contributed by atoms with van der Waals surface area (Å²) >= 11 is 0. The van der Waals surface area contributed by atoms with Crippen molar-refractivity contribution in [1.82, 2.24) is 29.4 Å². The Kier molecular flexibility index (Phi) is 5.56. The third-order valence-corrected chi connectivity index (χ3v) is 4.62. The van der Waals surface area contributed by atoms with Gasteiger partial charge >= 0.3 is 0 Å². The van der Waals surface area contributed by atoms with Crippen LogP contribution in [0.3, 0.4) is 0 Å². The van der Waals surface area contributed by atoms with Gasteiger partial charge in [0.05, 0.1) is 24.4 Å². The minimum atomic E-state index is -0.378. The van der Waals surface area contributed by atoms with Gasteiger partial charge in [-0.2, -0.15) is 10.2 Å². The van der Waals surface area contributed by atoms with E-state index in [1.165, 1.54) is 5.56 Å².